The average molecular weight is 132 g/mol. The van der Waals surface area contributed by atoms with Gasteiger partial charge in [0.2, 0.25) is 0 Å². The maximum absolute atomic E-state index is 3.90. The van der Waals surface area contributed by atoms with Crippen LogP contribution in [0.15, 0.2) is 30.6 Å². The van der Waals surface area contributed by atoms with Gasteiger partial charge in [0.1, 0.15) is 0 Å². The molecule has 0 aliphatic rings. The van der Waals surface area contributed by atoms with Gasteiger partial charge in [0.15, 0.2) is 0 Å². The van der Waals surface area contributed by atoms with E-state index >= 15 is 0 Å². The quantitative estimate of drug-likeness (QED) is 0.601. The predicted octanol–water partition coefficient (Wildman–Crippen LogP) is 2.32. The molecule has 0 atom stereocenters. The third-order valence-corrected chi connectivity index (χ3v) is 1.18. The molecule has 0 N–H and O–H groups in total. The summed E-state index contributed by atoms with van der Waals surface area (Å²) in [7, 11) is 0. The number of hydrogen-bond acceptors (Lipinski definition) is 1. The second kappa shape index (κ2) is 3.83. The van der Waals surface area contributed by atoms with Crippen LogP contribution in [0.3, 0.4) is 0 Å². The largest absolute Gasteiger partial charge is 0.265 e. The molecule has 0 amide bonds. The van der Waals surface area contributed by atoms with E-state index in [4.69, 9.17) is 0 Å². The molecular weight excluding hydrogens is 122 g/mol. The summed E-state index contributed by atoms with van der Waals surface area (Å²) in [5, 5.41) is 0. The summed E-state index contributed by atoms with van der Waals surface area (Å²) in [5.41, 5.74) is 1.18. The van der Waals surface area contributed by atoms with Gasteiger partial charge in [-0.1, -0.05) is 12.2 Å². The second-order valence-electron chi connectivity index (χ2n) is 1.97. The van der Waals surface area contributed by atoms with E-state index in [1.165, 1.54) is 5.56 Å². The summed E-state index contributed by atoms with van der Waals surface area (Å²) in [6.07, 6.45) is 8.46. The smallest absolute Gasteiger partial charge is 0.0273 e. The fourth-order valence-electron chi connectivity index (χ4n) is 0.694. The molecule has 0 unspecified atom stereocenters. The van der Waals surface area contributed by atoms with Crippen molar-refractivity contribution in [2.24, 2.45) is 0 Å². The van der Waals surface area contributed by atoms with Gasteiger partial charge in [0, 0.05) is 12.4 Å². The van der Waals surface area contributed by atoms with E-state index < -0.39 is 0 Å². The summed E-state index contributed by atoms with van der Waals surface area (Å²) in [4.78, 5) is 3.90. The summed E-state index contributed by atoms with van der Waals surface area (Å²) >= 11 is 0. The van der Waals surface area contributed by atoms with Crippen LogP contribution in [0.4, 0.5) is 0 Å². The monoisotopic (exact) mass is 132 g/mol. The van der Waals surface area contributed by atoms with Gasteiger partial charge in [-0.15, -0.1) is 0 Å². The van der Waals surface area contributed by atoms with Gasteiger partial charge < -0.3 is 0 Å². The zero-order valence-electron chi connectivity index (χ0n) is 5.83. The Balaban J connectivity index is 2.67. The third-order valence-electron chi connectivity index (χ3n) is 1.18. The van der Waals surface area contributed by atoms with Crippen molar-refractivity contribution in [1.29, 1.82) is 0 Å². The van der Waals surface area contributed by atoms with Crippen molar-refractivity contribution in [2.45, 2.75) is 6.42 Å². The first kappa shape index (κ1) is 7.00. The summed E-state index contributed by atoms with van der Waals surface area (Å²) in [6.45, 7) is 3.70. The van der Waals surface area contributed by atoms with Gasteiger partial charge in [0.25, 0.3) is 0 Å². The summed E-state index contributed by atoms with van der Waals surface area (Å²) in [5.74, 6) is 0. The molecule has 1 radical (unpaired) electrons. The summed E-state index contributed by atoms with van der Waals surface area (Å²) in [6, 6.07) is 3.93. The van der Waals surface area contributed by atoms with Crippen LogP contribution in [-0.2, 0) is 0 Å². The normalized spacial score (nSPS) is 10.5. The number of hydrogen-bond donors (Lipinski definition) is 0. The van der Waals surface area contributed by atoms with Crippen LogP contribution in [0, 0.1) is 6.92 Å². The lowest BCUT2D eigenvalue weighted by Crippen LogP contribution is -1.71. The highest BCUT2D eigenvalue weighted by Gasteiger charge is 1.79. The van der Waals surface area contributed by atoms with Crippen molar-refractivity contribution in [2.75, 3.05) is 0 Å². The van der Waals surface area contributed by atoms with Crippen molar-refractivity contribution in [3.63, 3.8) is 0 Å². The van der Waals surface area contributed by atoms with Gasteiger partial charge >= 0.3 is 0 Å². The van der Waals surface area contributed by atoms with E-state index in [-0.39, 0.29) is 0 Å². The lowest BCUT2D eigenvalue weighted by molar-refractivity contribution is 1.32. The van der Waals surface area contributed by atoms with Gasteiger partial charge in [-0.05, 0) is 31.0 Å². The maximum atomic E-state index is 3.90. The molecule has 0 saturated carbocycles. The minimum atomic E-state index is 0.836. The first-order valence-electron chi connectivity index (χ1n) is 3.29. The van der Waals surface area contributed by atoms with Crippen molar-refractivity contribution in [3.8, 4) is 0 Å². The highest BCUT2D eigenvalue weighted by molar-refractivity contribution is 5.47. The van der Waals surface area contributed by atoms with Crippen LogP contribution in [0.2, 0.25) is 0 Å². The van der Waals surface area contributed by atoms with Gasteiger partial charge in [-0.3, -0.25) is 4.98 Å². The standard InChI is InChI=1S/C9H10N/c1-2-3-4-9-5-7-10-8-6-9/h3-8H,1-2H2/b4-3+. The Morgan fingerprint density at radius 1 is 1.40 bits per heavy atom. The fraction of sp³-hybridized carbons (Fsp3) is 0.111. The van der Waals surface area contributed by atoms with Gasteiger partial charge in [0.05, 0.1) is 0 Å². The number of rotatable bonds is 2. The first-order chi connectivity index (χ1) is 4.93. The number of allylic oxidation sites excluding steroid dienone is 1. The Hall–Kier alpha value is -1.11. The van der Waals surface area contributed by atoms with E-state index in [0.29, 0.717) is 0 Å². The molecule has 0 bridgehead atoms. The molecule has 0 spiro atoms. The third kappa shape index (κ3) is 2.02. The molecule has 0 aliphatic heterocycles. The molecule has 1 aromatic heterocycles. The maximum Gasteiger partial charge on any atom is 0.0273 e. The van der Waals surface area contributed by atoms with Crippen molar-refractivity contribution >= 4 is 6.08 Å². The Morgan fingerprint density at radius 2 is 2.10 bits per heavy atom. The van der Waals surface area contributed by atoms with Crippen molar-refractivity contribution < 1.29 is 0 Å². The van der Waals surface area contributed by atoms with E-state index in [1.807, 2.05) is 24.3 Å². The summed E-state index contributed by atoms with van der Waals surface area (Å²) < 4.78 is 0. The van der Waals surface area contributed by atoms with E-state index in [1.54, 1.807) is 12.4 Å². The van der Waals surface area contributed by atoms with E-state index in [0.717, 1.165) is 6.42 Å². The minimum Gasteiger partial charge on any atom is -0.265 e. The number of aromatic nitrogens is 1. The molecule has 0 fully saturated rings. The molecule has 0 aromatic carbocycles. The Morgan fingerprint density at radius 3 is 2.70 bits per heavy atom. The first-order valence-corrected chi connectivity index (χ1v) is 3.29. The molecule has 1 rings (SSSR count). The van der Waals surface area contributed by atoms with Crippen LogP contribution in [0.5, 0.6) is 0 Å². The average Bonchev–Trinajstić information content (AvgIpc) is 2.03. The van der Waals surface area contributed by atoms with Crippen LogP contribution in [0.1, 0.15) is 12.0 Å². The zero-order valence-corrected chi connectivity index (χ0v) is 5.83. The highest BCUT2D eigenvalue weighted by Crippen LogP contribution is 1.98. The van der Waals surface area contributed by atoms with Gasteiger partial charge in [-0.25, -0.2) is 0 Å². The number of nitrogens with zero attached hydrogens (tertiary/aromatic N) is 1. The van der Waals surface area contributed by atoms with Crippen LogP contribution in [0.25, 0.3) is 6.08 Å². The second-order valence-corrected chi connectivity index (χ2v) is 1.97. The van der Waals surface area contributed by atoms with E-state index in [9.17, 15) is 0 Å². The van der Waals surface area contributed by atoms with Crippen molar-refractivity contribution in [3.05, 3.63) is 43.1 Å². The SMILES string of the molecule is [CH2]C/C=C/c1ccncc1. The van der Waals surface area contributed by atoms with E-state index in [2.05, 4.69) is 11.9 Å². The molecule has 0 saturated heterocycles. The molecular formula is C9H10N. The van der Waals surface area contributed by atoms with Crippen LogP contribution < -0.4 is 0 Å². The van der Waals surface area contributed by atoms with Gasteiger partial charge in [-0.2, -0.15) is 0 Å². The molecule has 1 heteroatoms. The van der Waals surface area contributed by atoms with Crippen molar-refractivity contribution in [1.82, 2.24) is 4.98 Å². The highest BCUT2D eigenvalue weighted by atomic mass is 14.6. The topological polar surface area (TPSA) is 12.9 Å². The minimum absolute atomic E-state index is 0.836. The lowest BCUT2D eigenvalue weighted by Gasteiger charge is -1.87. The molecule has 1 heterocycles. The fourth-order valence-corrected chi connectivity index (χ4v) is 0.694. The van der Waals surface area contributed by atoms with Crippen LogP contribution in [-0.4, -0.2) is 4.98 Å². The zero-order chi connectivity index (χ0) is 7.23. The Labute approximate surface area is 61.4 Å². The molecule has 51 valence electrons. The molecule has 1 nitrogen and oxygen atoms in total. The molecule has 0 aliphatic carbocycles. The molecule has 10 heavy (non-hydrogen) atoms. The van der Waals surface area contributed by atoms with Crippen LogP contribution >= 0.6 is 0 Å². The number of pyridine rings is 1. The predicted molar refractivity (Wildman–Crippen MR) is 43.2 cm³/mol. The Bertz CT molecular complexity index is 201. The lowest BCUT2D eigenvalue weighted by atomic mass is 10.2. The molecule has 1 aromatic rings. The Kier molecular flexibility index (Phi) is 2.68.